The second-order valence-electron chi connectivity index (χ2n) is 5.88. The number of ether oxygens (including phenoxy) is 1. The molecular weight excluding hydrogens is 314 g/mol. The Hall–Kier alpha value is -2.76. The summed E-state index contributed by atoms with van der Waals surface area (Å²) in [6.45, 7) is 4.50. The van der Waals surface area contributed by atoms with Gasteiger partial charge in [0.25, 0.3) is 0 Å². The molecule has 0 bridgehead atoms. The summed E-state index contributed by atoms with van der Waals surface area (Å²) in [5, 5.41) is 3.42. The maximum absolute atomic E-state index is 5.31. The fraction of sp³-hybridized carbons (Fsp3) is 0.368. The van der Waals surface area contributed by atoms with E-state index in [2.05, 4.69) is 55.4 Å². The van der Waals surface area contributed by atoms with Crippen LogP contribution in [0.1, 0.15) is 5.56 Å². The molecule has 1 saturated heterocycles. The topological polar surface area (TPSA) is 53.0 Å². The number of methoxy groups -OCH3 is 1. The van der Waals surface area contributed by atoms with Crippen LogP contribution in [0, 0.1) is 0 Å². The van der Waals surface area contributed by atoms with Crippen LogP contribution >= 0.6 is 0 Å². The van der Waals surface area contributed by atoms with E-state index in [0.29, 0.717) is 12.4 Å². The maximum Gasteiger partial charge on any atom is 0.218 e. The van der Waals surface area contributed by atoms with Gasteiger partial charge in [0.15, 0.2) is 5.96 Å². The van der Waals surface area contributed by atoms with Gasteiger partial charge >= 0.3 is 0 Å². The highest BCUT2D eigenvalue weighted by molar-refractivity contribution is 5.80. The van der Waals surface area contributed by atoms with Crippen LogP contribution in [0.5, 0.6) is 5.88 Å². The van der Waals surface area contributed by atoms with E-state index in [9.17, 15) is 0 Å². The van der Waals surface area contributed by atoms with Crippen molar-refractivity contribution >= 4 is 11.6 Å². The molecule has 1 aromatic heterocycles. The second-order valence-corrected chi connectivity index (χ2v) is 5.88. The number of aromatic nitrogens is 1. The number of piperazine rings is 1. The highest BCUT2D eigenvalue weighted by Crippen LogP contribution is 2.16. The Bertz CT molecular complexity index is 696. The van der Waals surface area contributed by atoms with Crippen LogP contribution in [0.25, 0.3) is 0 Å². The number of nitrogens with one attached hydrogen (secondary N) is 1. The number of anilines is 1. The first kappa shape index (κ1) is 17.1. The Labute approximate surface area is 149 Å². The molecule has 2 heterocycles. The molecule has 1 aliphatic rings. The number of para-hydroxylation sites is 1. The van der Waals surface area contributed by atoms with Crippen molar-refractivity contribution in [2.75, 3.05) is 45.2 Å². The second kappa shape index (κ2) is 8.37. The Morgan fingerprint density at radius 2 is 1.88 bits per heavy atom. The van der Waals surface area contributed by atoms with Gasteiger partial charge in [-0.3, -0.25) is 4.99 Å². The van der Waals surface area contributed by atoms with Crippen LogP contribution < -0.4 is 15.0 Å². The van der Waals surface area contributed by atoms with Crippen LogP contribution in [0.3, 0.4) is 0 Å². The molecule has 0 saturated carbocycles. The van der Waals surface area contributed by atoms with Crippen molar-refractivity contribution in [1.82, 2.24) is 15.2 Å². The number of nitrogens with zero attached hydrogens (tertiary/aromatic N) is 4. The normalized spacial score (nSPS) is 15.2. The number of rotatable bonds is 4. The highest BCUT2D eigenvalue weighted by Gasteiger charge is 2.19. The number of hydrogen-bond donors (Lipinski definition) is 1. The number of pyridine rings is 1. The summed E-state index contributed by atoms with van der Waals surface area (Å²) in [7, 11) is 3.47. The zero-order valence-corrected chi connectivity index (χ0v) is 14.9. The van der Waals surface area contributed by atoms with Crippen molar-refractivity contribution in [2.24, 2.45) is 4.99 Å². The van der Waals surface area contributed by atoms with Gasteiger partial charge in [0.05, 0.1) is 7.11 Å². The summed E-state index contributed by atoms with van der Waals surface area (Å²) in [6, 6.07) is 14.5. The van der Waals surface area contributed by atoms with E-state index in [4.69, 9.17) is 4.74 Å². The molecule has 6 nitrogen and oxygen atoms in total. The molecule has 3 rings (SSSR count). The molecule has 132 valence electrons. The third-order valence-electron chi connectivity index (χ3n) is 4.39. The predicted octanol–water partition coefficient (Wildman–Crippen LogP) is 1.99. The third kappa shape index (κ3) is 4.21. The van der Waals surface area contributed by atoms with Gasteiger partial charge in [0.2, 0.25) is 5.88 Å². The van der Waals surface area contributed by atoms with Gasteiger partial charge in [-0.1, -0.05) is 24.3 Å². The molecule has 0 amide bonds. The predicted molar refractivity (Wildman–Crippen MR) is 101 cm³/mol. The summed E-state index contributed by atoms with van der Waals surface area (Å²) in [5.74, 6) is 1.57. The molecule has 0 unspecified atom stereocenters. The summed E-state index contributed by atoms with van der Waals surface area (Å²) in [4.78, 5) is 13.4. The minimum Gasteiger partial charge on any atom is -0.481 e. The third-order valence-corrected chi connectivity index (χ3v) is 4.39. The molecule has 1 aliphatic heterocycles. The zero-order valence-electron chi connectivity index (χ0n) is 14.9. The Morgan fingerprint density at radius 1 is 1.12 bits per heavy atom. The molecule has 1 aromatic carbocycles. The van der Waals surface area contributed by atoms with Crippen molar-refractivity contribution in [1.29, 1.82) is 0 Å². The summed E-state index contributed by atoms with van der Waals surface area (Å²) in [5.41, 5.74) is 2.30. The largest absolute Gasteiger partial charge is 0.481 e. The van der Waals surface area contributed by atoms with Gasteiger partial charge in [-0.2, -0.15) is 0 Å². The van der Waals surface area contributed by atoms with E-state index >= 15 is 0 Å². The van der Waals surface area contributed by atoms with Gasteiger partial charge < -0.3 is 19.9 Å². The molecule has 25 heavy (non-hydrogen) atoms. The van der Waals surface area contributed by atoms with E-state index in [-0.39, 0.29) is 0 Å². The van der Waals surface area contributed by atoms with Crippen molar-refractivity contribution in [3.8, 4) is 5.88 Å². The Morgan fingerprint density at radius 3 is 2.56 bits per heavy atom. The van der Waals surface area contributed by atoms with Gasteiger partial charge in [-0.25, -0.2) is 4.98 Å². The average molecular weight is 339 g/mol. The molecule has 2 aromatic rings. The monoisotopic (exact) mass is 339 g/mol. The van der Waals surface area contributed by atoms with Crippen molar-refractivity contribution in [3.05, 3.63) is 54.2 Å². The SMILES string of the molecule is CN=C(NCc1cccnc1OC)N1CCN(c2ccccc2)CC1. The molecule has 6 heteroatoms. The lowest BCUT2D eigenvalue weighted by molar-refractivity contribution is 0.370. The van der Waals surface area contributed by atoms with Crippen molar-refractivity contribution in [2.45, 2.75) is 6.54 Å². The number of benzene rings is 1. The maximum atomic E-state index is 5.31. The Kier molecular flexibility index (Phi) is 5.72. The fourth-order valence-electron chi connectivity index (χ4n) is 3.06. The molecule has 0 spiro atoms. The summed E-state index contributed by atoms with van der Waals surface area (Å²) >= 11 is 0. The summed E-state index contributed by atoms with van der Waals surface area (Å²) in [6.07, 6.45) is 1.74. The standard InChI is InChI=1S/C19H25N5O/c1-20-19(22-15-16-7-6-10-21-18(16)25-2)24-13-11-23(12-14-24)17-8-4-3-5-9-17/h3-10H,11-15H2,1-2H3,(H,20,22). The highest BCUT2D eigenvalue weighted by atomic mass is 16.5. The van der Waals surface area contributed by atoms with E-state index < -0.39 is 0 Å². The van der Waals surface area contributed by atoms with Crippen molar-refractivity contribution < 1.29 is 4.74 Å². The molecule has 1 fully saturated rings. The minimum absolute atomic E-state index is 0.641. The van der Waals surface area contributed by atoms with E-state index in [1.54, 1.807) is 13.3 Å². The first-order valence-corrected chi connectivity index (χ1v) is 8.55. The average Bonchev–Trinajstić information content (AvgIpc) is 2.70. The molecule has 1 N–H and O–H groups in total. The molecule has 0 atom stereocenters. The molecular formula is C19H25N5O. The lowest BCUT2D eigenvalue weighted by Gasteiger charge is -2.37. The van der Waals surface area contributed by atoms with Crippen LogP contribution in [-0.2, 0) is 6.54 Å². The minimum atomic E-state index is 0.641. The lowest BCUT2D eigenvalue weighted by Crippen LogP contribution is -2.52. The van der Waals surface area contributed by atoms with E-state index in [1.165, 1.54) is 5.69 Å². The Balaban J connectivity index is 1.56. The molecule has 0 aliphatic carbocycles. The van der Waals surface area contributed by atoms with Crippen LogP contribution in [0.4, 0.5) is 5.69 Å². The van der Waals surface area contributed by atoms with E-state index in [1.807, 2.05) is 19.2 Å². The number of aliphatic imine (C=N–C) groups is 1. The van der Waals surface area contributed by atoms with Gasteiger partial charge in [0, 0.05) is 57.2 Å². The van der Waals surface area contributed by atoms with Gasteiger partial charge in [0.1, 0.15) is 0 Å². The van der Waals surface area contributed by atoms with Gasteiger partial charge in [-0.15, -0.1) is 0 Å². The van der Waals surface area contributed by atoms with Gasteiger partial charge in [-0.05, 0) is 18.2 Å². The van der Waals surface area contributed by atoms with Crippen LogP contribution in [0.2, 0.25) is 0 Å². The zero-order chi connectivity index (χ0) is 17.5. The number of guanidine groups is 1. The smallest absolute Gasteiger partial charge is 0.218 e. The van der Waals surface area contributed by atoms with E-state index in [0.717, 1.165) is 37.7 Å². The molecule has 0 radical (unpaired) electrons. The fourth-order valence-corrected chi connectivity index (χ4v) is 3.06. The first-order valence-electron chi connectivity index (χ1n) is 8.55. The van der Waals surface area contributed by atoms with Crippen molar-refractivity contribution in [3.63, 3.8) is 0 Å². The first-order chi connectivity index (χ1) is 12.3. The summed E-state index contributed by atoms with van der Waals surface area (Å²) < 4.78 is 5.31. The van der Waals surface area contributed by atoms with Crippen LogP contribution in [0.15, 0.2) is 53.7 Å². The lowest BCUT2D eigenvalue weighted by atomic mass is 10.2. The quantitative estimate of drug-likeness (QED) is 0.682. The van der Waals surface area contributed by atoms with Crippen LogP contribution in [-0.4, -0.2) is 56.2 Å². The number of hydrogen-bond acceptors (Lipinski definition) is 4.